The quantitative estimate of drug-likeness (QED) is 0.760. The molecular weight excluding hydrogens is 318 g/mol. The molecule has 0 spiro atoms. The predicted octanol–water partition coefficient (Wildman–Crippen LogP) is 3.72. The summed E-state index contributed by atoms with van der Waals surface area (Å²) < 4.78 is 10.7. The van der Waals surface area contributed by atoms with Gasteiger partial charge in [-0.05, 0) is 29.0 Å². The fourth-order valence-corrected chi connectivity index (χ4v) is 3.99. The van der Waals surface area contributed by atoms with Crippen molar-refractivity contribution in [1.29, 1.82) is 0 Å². The highest BCUT2D eigenvalue weighted by atomic mass is 32.1. The molecule has 0 unspecified atom stereocenters. The first-order chi connectivity index (χ1) is 10.7. The number of hydrogen-bond donors (Lipinski definition) is 2. The number of pyridine rings is 1. The average molecular weight is 333 g/mol. The van der Waals surface area contributed by atoms with Crippen LogP contribution in [0.15, 0.2) is 29.0 Å². The van der Waals surface area contributed by atoms with E-state index in [0.29, 0.717) is 11.6 Å². The fourth-order valence-electron chi connectivity index (χ4n) is 2.22. The fraction of sp³-hybridized carbons (Fsp3) is 0.133. The molecule has 3 aromatic heterocycles. The van der Waals surface area contributed by atoms with Crippen molar-refractivity contribution in [3.63, 3.8) is 0 Å². The molecule has 0 aliphatic rings. The Balaban J connectivity index is 2.20. The number of nitrogens with zero attached hydrogens (tertiary/aromatic N) is 1. The maximum atomic E-state index is 6.06. The third kappa shape index (κ3) is 2.38. The lowest BCUT2D eigenvalue weighted by molar-refractivity contribution is 0.418. The van der Waals surface area contributed by atoms with Crippen molar-refractivity contribution in [2.24, 2.45) is 0 Å². The summed E-state index contributed by atoms with van der Waals surface area (Å²) in [5.74, 6) is 2.31. The number of nitrogen functional groups attached to an aromatic ring is 2. The number of anilines is 2. The van der Waals surface area contributed by atoms with Gasteiger partial charge in [-0.2, -0.15) is 0 Å². The second kappa shape index (κ2) is 5.86. The number of aromatic nitrogens is 1. The van der Waals surface area contributed by atoms with Crippen LogP contribution < -0.4 is 20.9 Å². The Morgan fingerprint density at radius 3 is 1.73 bits per heavy atom. The van der Waals surface area contributed by atoms with Crippen molar-refractivity contribution >= 4 is 34.3 Å². The van der Waals surface area contributed by atoms with E-state index >= 15 is 0 Å². The van der Waals surface area contributed by atoms with E-state index in [9.17, 15) is 0 Å². The summed E-state index contributed by atoms with van der Waals surface area (Å²) in [6.45, 7) is 0. The van der Waals surface area contributed by atoms with Gasteiger partial charge >= 0.3 is 0 Å². The molecule has 22 heavy (non-hydrogen) atoms. The van der Waals surface area contributed by atoms with E-state index in [4.69, 9.17) is 20.9 Å². The summed E-state index contributed by atoms with van der Waals surface area (Å²) in [6, 6.07) is 5.75. The van der Waals surface area contributed by atoms with Crippen molar-refractivity contribution in [3.05, 3.63) is 29.0 Å². The second-order valence-electron chi connectivity index (χ2n) is 4.49. The zero-order valence-electron chi connectivity index (χ0n) is 12.1. The monoisotopic (exact) mass is 333 g/mol. The molecule has 3 rings (SSSR count). The predicted molar refractivity (Wildman–Crippen MR) is 92.8 cm³/mol. The van der Waals surface area contributed by atoms with Gasteiger partial charge in [-0.1, -0.05) is 0 Å². The molecule has 0 fully saturated rings. The Morgan fingerprint density at radius 2 is 1.32 bits per heavy atom. The third-order valence-corrected chi connectivity index (χ3v) is 5.13. The number of ether oxygens (including phenoxy) is 2. The van der Waals surface area contributed by atoms with Gasteiger partial charge in [0.15, 0.2) is 0 Å². The number of rotatable bonds is 4. The standard InChI is InChI=1S/C15H15N3O2S2/c1-19-10-3-5-21-12(10)8-7-9(15(17)18-14(8)16)13-11(20-2)4-6-22-13/h3-7H,1-2H3,(H4,16,17,18). The van der Waals surface area contributed by atoms with Gasteiger partial charge in [0.2, 0.25) is 0 Å². The van der Waals surface area contributed by atoms with Gasteiger partial charge in [0.05, 0.1) is 24.0 Å². The van der Waals surface area contributed by atoms with E-state index in [1.165, 1.54) is 0 Å². The Hall–Kier alpha value is -2.25. The maximum Gasteiger partial charge on any atom is 0.137 e. The molecule has 0 saturated carbocycles. The van der Waals surface area contributed by atoms with E-state index in [1.54, 1.807) is 36.9 Å². The summed E-state index contributed by atoms with van der Waals surface area (Å²) in [5.41, 5.74) is 13.7. The Bertz CT molecular complexity index is 747. The topological polar surface area (TPSA) is 83.4 Å². The van der Waals surface area contributed by atoms with Gasteiger partial charge in [-0.15, -0.1) is 22.7 Å². The zero-order chi connectivity index (χ0) is 15.7. The summed E-state index contributed by atoms with van der Waals surface area (Å²) in [4.78, 5) is 6.16. The third-order valence-electron chi connectivity index (χ3n) is 3.27. The molecule has 0 atom stereocenters. The highest BCUT2D eigenvalue weighted by Crippen LogP contribution is 2.44. The van der Waals surface area contributed by atoms with Crippen LogP contribution in [0.2, 0.25) is 0 Å². The molecule has 5 nitrogen and oxygen atoms in total. The van der Waals surface area contributed by atoms with Crippen molar-refractivity contribution < 1.29 is 9.47 Å². The molecule has 7 heteroatoms. The smallest absolute Gasteiger partial charge is 0.137 e. The van der Waals surface area contributed by atoms with Crippen LogP contribution in [0.3, 0.4) is 0 Å². The van der Waals surface area contributed by atoms with Crippen LogP contribution in [0.5, 0.6) is 11.5 Å². The van der Waals surface area contributed by atoms with Gasteiger partial charge in [-0.3, -0.25) is 0 Å². The van der Waals surface area contributed by atoms with E-state index in [0.717, 1.165) is 32.4 Å². The Labute approximate surface area is 136 Å². The van der Waals surface area contributed by atoms with Gasteiger partial charge < -0.3 is 20.9 Å². The minimum Gasteiger partial charge on any atom is -0.495 e. The molecule has 3 aromatic rings. The lowest BCUT2D eigenvalue weighted by Gasteiger charge is -2.11. The van der Waals surface area contributed by atoms with Gasteiger partial charge in [-0.25, -0.2) is 4.98 Å². The summed E-state index contributed by atoms with van der Waals surface area (Å²) in [5, 5.41) is 3.91. The van der Waals surface area contributed by atoms with Crippen LogP contribution in [0, 0.1) is 0 Å². The molecule has 0 aliphatic heterocycles. The van der Waals surface area contributed by atoms with E-state index in [1.807, 2.05) is 29.0 Å². The van der Waals surface area contributed by atoms with E-state index < -0.39 is 0 Å². The average Bonchev–Trinajstić information content (AvgIpc) is 3.15. The van der Waals surface area contributed by atoms with Crippen LogP contribution in [0.25, 0.3) is 20.9 Å². The minimum atomic E-state index is 0.387. The molecule has 0 saturated heterocycles. The zero-order valence-corrected chi connectivity index (χ0v) is 13.8. The number of methoxy groups -OCH3 is 2. The number of thiophene rings is 2. The Kier molecular flexibility index (Phi) is 3.91. The first-order valence-electron chi connectivity index (χ1n) is 6.45. The van der Waals surface area contributed by atoms with Crippen LogP contribution in [0.4, 0.5) is 11.6 Å². The molecule has 0 radical (unpaired) electrons. The van der Waals surface area contributed by atoms with Crippen LogP contribution in [-0.2, 0) is 0 Å². The highest BCUT2D eigenvalue weighted by Gasteiger charge is 2.18. The normalized spacial score (nSPS) is 10.6. The SMILES string of the molecule is COc1ccsc1-c1cc(-c2sccc2OC)c(N)nc1N. The maximum absolute atomic E-state index is 6.06. The van der Waals surface area contributed by atoms with Crippen molar-refractivity contribution in [3.8, 4) is 32.4 Å². The lowest BCUT2D eigenvalue weighted by Crippen LogP contribution is -2.01. The van der Waals surface area contributed by atoms with Crippen molar-refractivity contribution in [1.82, 2.24) is 4.98 Å². The highest BCUT2D eigenvalue weighted by molar-refractivity contribution is 7.14. The van der Waals surface area contributed by atoms with Gasteiger partial charge in [0, 0.05) is 11.1 Å². The minimum absolute atomic E-state index is 0.387. The van der Waals surface area contributed by atoms with Crippen LogP contribution in [-0.4, -0.2) is 19.2 Å². The molecule has 0 aromatic carbocycles. The summed E-state index contributed by atoms with van der Waals surface area (Å²) in [6.07, 6.45) is 0. The molecule has 114 valence electrons. The first-order valence-corrected chi connectivity index (χ1v) is 8.21. The Morgan fingerprint density at radius 1 is 0.864 bits per heavy atom. The summed E-state index contributed by atoms with van der Waals surface area (Å²) >= 11 is 3.10. The molecule has 4 N–H and O–H groups in total. The molecule has 0 aliphatic carbocycles. The van der Waals surface area contributed by atoms with Gasteiger partial charge in [0.1, 0.15) is 23.1 Å². The first kappa shape index (κ1) is 14.7. The lowest BCUT2D eigenvalue weighted by atomic mass is 10.1. The largest absolute Gasteiger partial charge is 0.495 e. The van der Waals surface area contributed by atoms with E-state index in [2.05, 4.69) is 4.98 Å². The molecule has 0 amide bonds. The number of nitrogens with two attached hydrogens (primary N) is 2. The number of hydrogen-bond acceptors (Lipinski definition) is 7. The molecular formula is C15H15N3O2S2. The van der Waals surface area contributed by atoms with Crippen molar-refractivity contribution in [2.45, 2.75) is 0 Å². The van der Waals surface area contributed by atoms with Crippen LogP contribution in [0.1, 0.15) is 0 Å². The van der Waals surface area contributed by atoms with Crippen molar-refractivity contribution in [2.75, 3.05) is 25.7 Å². The second-order valence-corrected chi connectivity index (χ2v) is 6.32. The molecule has 0 bridgehead atoms. The van der Waals surface area contributed by atoms with E-state index in [-0.39, 0.29) is 0 Å². The summed E-state index contributed by atoms with van der Waals surface area (Å²) in [7, 11) is 3.27. The molecule has 3 heterocycles. The van der Waals surface area contributed by atoms with Gasteiger partial charge in [0.25, 0.3) is 0 Å². The van der Waals surface area contributed by atoms with Crippen LogP contribution >= 0.6 is 22.7 Å².